The van der Waals surface area contributed by atoms with E-state index < -0.39 is 17.1 Å². The Kier molecular flexibility index (Phi) is 9.23. The molecule has 0 radical (unpaired) electrons. The number of aliphatic hydroxyl groups is 1. The van der Waals surface area contributed by atoms with Gasteiger partial charge in [0.1, 0.15) is 25.1 Å². The number of nitrogens with zero attached hydrogens (tertiary/aromatic N) is 1. The number of aromatic nitrogens is 1. The largest absolute Gasteiger partial charge is 0.493 e. The van der Waals surface area contributed by atoms with Gasteiger partial charge in [-0.05, 0) is 47.5 Å². The molecular formula is C32H31N3O8. The van der Waals surface area contributed by atoms with Gasteiger partial charge in [0.2, 0.25) is 0 Å². The lowest BCUT2D eigenvalue weighted by Gasteiger charge is -2.16. The van der Waals surface area contributed by atoms with Crippen LogP contribution in [0.15, 0.2) is 84.9 Å². The summed E-state index contributed by atoms with van der Waals surface area (Å²) < 4.78 is 17.2. The van der Waals surface area contributed by atoms with Crippen molar-refractivity contribution in [1.82, 2.24) is 10.3 Å². The summed E-state index contributed by atoms with van der Waals surface area (Å²) in [4.78, 5) is 31.7. The van der Waals surface area contributed by atoms with Crippen LogP contribution in [-0.4, -0.2) is 54.1 Å². The number of amides is 1. The molecule has 5 aromatic rings. The number of hydrogen-bond donors (Lipinski definition) is 3. The zero-order valence-corrected chi connectivity index (χ0v) is 23.4. The fourth-order valence-electron chi connectivity index (χ4n) is 4.84. The topological polar surface area (TPSA) is 145 Å². The molecule has 11 heteroatoms. The third kappa shape index (κ3) is 7.14. The van der Waals surface area contributed by atoms with Crippen LogP contribution in [0.4, 0.5) is 0 Å². The number of rotatable bonds is 14. The van der Waals surface area contributed by atoms with Crippen molar-refractivity contribution in [3.8, 4) is 17.2 Å². The van der Waals surface area contributed by atoms with Gasteiger partial charge in [0.25, 0.3) is 11.0 Å². The molecule has 0 saturated carbocycles. The third-order valence-corrected chi connectivity index (χ3v) is 6.87. The molecule has 0 aliphatic carbocycles. The molecule has 1 heterocycles. The van der Waals surface area contributed by atoms with Crippen molar-refractivity contribution in [3.63, 3.8) is 0 Å². The van der Waals surface area contributed by atoms with E-state index in [4.69, 9.17) is 14.2 Å². The fraction of sp³-hybridized carbons (Fsp3) is 0.219. The Morgan fingerprint density at radius 2 is 1.70 bits per heavy atom. The van der Waals surface area contributed by atoms with Gasteiger partial charge < -0.3 is 34.5 Å². The van der Waals surface area contributed by atoms with Crippen molar-refractivity contribution in [2.75, 3.05) is 26.9 Å². The molecule has 0 aliphatic rings. The molecular weight excluding hydrogens is 554 g/mol. The van der Waals surface area contributed by atoms with Crippen molar-refractivity contribution in [1.29, 1.82) is 0 Å². The van der Waals surface area contributed by atoms with Gasteiger partial charge >= 0.3 is 0 Å². The molecule has 4 aromatic carbocycles. The van der Waals surface area contributed by atoms with E-state index in [1.807, 2.05) is 54.6 Å². The number of ether oxygens (including phenoxy) is 3. The summed E-state index contributed by atoms with van der Waals surface area (Å²) in [6, 6.07) is 25.6. The van der Waals surface area contributed by atoms with Crippen LogP contribution < -0.4 is 19.5 Å². The number of nitrogens with one attached hydrogen (secondary N) is 2. The standard InChI is InChI=1S/C32H31N3O8/c1-40-28-10-4-5-11-29(28)41-16-15-22-17-21(19-43-35(38)39)13-14-24(22)32(37)33-18-23(36)20-42-30-12-6-9-27-31(30)25-7-2-3-8-26(25)34-27/h2-14,17,23,34,36H,15-16,18-20H2,1H3,(H,33,37). The highest BCUT2D eigenvalue weighted by atomic mass is 16.9. The van der Waals surface area contributed by atoms with Crippen LogP contribution in [0.1, 0.15) is 21.5 Å². The van der Waals surface area contributed by atoms with Crippen LogP contribution in [0.5, 0.6) is 17.2 Å². The van der Waals surface area contributed by atoms with Gasteiger partial charge in [0.15, 0.2) is 11.5 Å². The van der Waals surface area contributed by atoms with Gasteiger partial charge in [-0.1, -0.05) is 48.5 Å². The quantitative estimate of drug-likeness (QED) is 0.124. The summed E-state index contributed by atoms with van der Waals surface area (Å²) in [6.45, 7) is -0.119. The van der Waals surface area contributed by atoms with Crippen molar-refractivity contribution in [2.24, 2.45) is 0 Å². The predicted molar refractivity (Wildman–Crippen MR) is 160 cm³/mol. The summed E-state index contributed by atoms with van der Waals surface area (Å²) in [5.41, 5.74) is 3.40. The van der Waals surface area contributed by atoms with Crippen LogP contribution in [0.25, 0.3) is 21.8 Å². The summed E-state index contributed by atoms with van der Waals surface area (Å²) in [7, 11) is 1.55. The highest BCUT2D eigenvalue weighted by molar-refractivity contribution is 6.10. The van der Waals surface area contributed by atoms with Gasteiger partial charge in [-0.2, -0.15) is 0 Å². The first-order valence-corrected chi connectivity index (χ1v) is 13.7. The highest BCUT2D eigenvalue weighted by Crippen LogP contribution is 2.33. The second-order valence-electron chi connectivity index (χ2n) is 9.76. The number of fused-ring (bicyclic) bond motifs is 3. The maximum Gasteiger partial charge on any atom is 0.294 e. The summed E-state index contributed by atoms with van der Waals surface area (Å²) in [5.74, 6) is 1.35. The fourth-order valence-corrected chi connectivity index (χ4v) is 4.84. The lowest BCUT2D eigenvalue weighted by Crippen LogP contribution is -2.35. The second kappa shape index (κ2) is 13.6. The van der Waals surface area contributed by atoms with Crippen molar-refractivity contribution >= 4 is 27.7 Å². The predicted octanol–water partition coefficient (Wildman–Crippen LogP) is 4.83. The molecule has 0 spiro atoms. The monoisotopic (exact) mass is 585 g/mol. The Bertz CT molecular complexity index is 1730. The van der Waals surface area contributed by atoms with E-state index in [-0.39, 0.29) is 26.4 Å². The lowest BCUT2D eigenvalue weighted by atomic mass is 10.0. The van der Waals surface area contributed by atoms with Crippen molar-refractivity contribution < 1.29 is 34.0 Å². The number of methoxy groups -OCH3 is 1. The number of aliphatic hydroxyl groups excluding tert-OH is 1. The molecule has 1 amide bonds. The van der Waals surface area contributed by atoms with E-state index in [1.54, 1.807) is 37.4 Å². The zero-order chi connectivity index (χ0) is 30.2. The molecule has 0 saturated heterocycles. The minimum absolute atomic E-state index is 0.0321. The molecule has 11 nitrogen and oxygen atoms in total. The second-order valence-corrected chi connectivity index (χ2v) is 9.76. The summed E-state index contributed by atoms with van der Waals surface area (Å²) in [6.07, 6.45) is -0.651. The Labute approximate surface area is 247 Å². The minimum atomic E-state index is -0.977. The summed E-state index contributed by atoms with van der Waals surface area (Å²) >= 11 is 0. The van der Waals surface area contributed by atoms with Crippen LogP contribution in [0.3, 0.4) is 0 Å². The van der Waals surface area contributed by atoms with Gasteiger partial charge in [0.05, 0.1) is 19.2 Å². The van der Waals surface area contributed by atoms with Crippen molar-refractivity contribution in [3.05, 3.63) is 112 Å². The average molecular weight is 586 g/mol. The molecule has 222 valence electrons. The van der Waals surface area contributed by atoms with Crippen LogP contribution in [0.2, 0.25) is 0 Å². The minimum Gasteiger partial charge on any atom is -0.493 e. The van der Waals surface area contributed by atoms with E-state index in [0.29, 0.717) is 40.4 Å². The van der Waals surface area contributed by atoms with Gasteiger partial charge in [-0.15, -0.1) is 10.1 Å². The number of H-pyrrole nitrogens is 1. The number of carbonyl (C=O) groups is 1. The molecule has 1 aromatic heterocycles. The van der Waals surface area contributed by atoms with E-state index in [1.165, 1.54) is 0 Å². The SMILES string of the molecule is COc1ccccc1OCCc1cc(CO[N+](=O)[O-])ccc1C(=O)NCC(O)COc1cccc2[nH]c3ccccc3c12. The van der Waals surface area contributed by atoms with Gasteiger partial charge in [-0.3, -0.25) is 4.79 Å². The number of para-hydroxylation sites is 3. The molecule has 3 N–H and O–H groups in total. The Balaban J connectivity index is 1.22. The Hall–Kier alpha value is -5.29. The number of carbonyl (C=O) groups excluding carboxylic acids is 1. The van der Waals surface area contributed by atoms with Gasteiger partial charge in [0, 0.05) is 34.8 Å². The number of benzene rings is 4. The first-order valence-electron chi connectivity index (χ1n) is 13.7. The smallest absolute Gasteiger partial charge is 0.294 e. The molecule has 0 bridgehead atoms. The van der Waals surface area contributed by atoms with Gasteiger partial charge in [-0.25, -0.2) is 0 Å². The maximum absolute atomic E-state index is 13.2. The highest BCUT2D eigenvalue weighted by Gasteiger charge is 2.16. The number of hydrogen-bond acceptors (Lipinski definition) is 8. The average Bonchev–Trinajstić information content (AvgIpc) is 3.41. The van der Waals surface area contributed by atoms with Crippen molar-refractivity contribution in [2.45, 2.75) is 19.1 Å². The first-order chi connectivity index (χ1) is 20.9. The van der Waals surface area contributed by atoms with E-state index >= 15 is 0 Å². The molecule has 43 heavy (non-hydrogen) atoms. The van der Waals surface area contributed by atoms with Crippen LogP contribution in [-0.2, 0) is 17.9 Å². The Morgan fingerprint density at radius 3 is 2.51 bits per heavy atom. The number of aromatic amines is 1. The first kappa shape index (κ1) is 29.2. The zero-order valence-electron chi connectivity index (χ0n) is 23.4. The van der Waals surface area contributed by atoms with E-state index in [9.17, 15) is 20.0 Å². The molecule has 1 atom stereocenters. The normalized spacial score (nSPS) is 11.7. The Morgan fingerprint density at radius 1 is 0.953 bits per heavy atom. The summed E-state index contributed by atoms with van der Waals surface area (Å²) in [5, 5.41) is 25.1. The van der Waals surface area contributed by atoms with E-state index in [0.717, 1.165) is 21.8 Å². The molecule has 0 aliphatic heterocycles. The van der Waals surface area contributed by atoms with E-state index in [2.05, 4.69) is 15.1 Å². The maximum atomic E-state index is 13.2. The molecule has 0 fully saturated rings. The van der Waals surface area contributed by atoms with Crippen LogP contribution >= 0.6 is 0 Å². The molecule has 1 unspecified atom stereocenters. The van der Waals surface area contributed by atoms with Crippen LogP contribution in [0, 0.1) is 10.1 Å². The molecule has 5 rings (SSSR count). The third-order valence-electron chi connectivity index (χ3n) is 6.87. The lowest BCUT2D eigenvalue weighted by molar-refractivity contribution is -0.763.